The molecule has 0 heterocycles. The fourth-order valence-corrected chi connectivity index (χ4v) is 1.83. The van der Waals surface area contributed by atoms with Gasteiger partial charge in [-0.2, -0.15) is 8.78 Å². The summed E-state index contributed by atoms with van der Waals surface area (Å²) in [6, 6.07) is 11.7. The van der Waals surface area contributed by atoms with Gasteiger partial charge >= 0.3 is 12.6 Å². The summed E-state index contributed by atoms with van der Waals surface area (Å²) < 4.78 is 33.9. The van der Waals surface area contributed by atoms with Crippen molar-refractivity contribution in [3.63, 3.8) is 0 Å². The summed E-state index contributed by atoms with van der Waals surface area (Å²) in [5.74, 6) is -1.61. The number of carbonyl (C=O) groups excluding carboxylic acids is 2. The van der Waals surface area contributed by atoms with Crippen molar-refractivity contribution in [2.75, 3.05) is 0 Å². The Balaban J connectivity index is 2.03. The second-order valence-electron chi connectivity index (χ2n) is 4.51. The number of carbonyl (C=O) groups is 2. The number of primary amides is 1. The number of halogens is 2. The van der Waals surface area contributed by atoms with E-state index in [1.165, 1.54) is 36.4 Å². The van der Waals surface area contributed by atoms with E-state index in [4.69, 9.17) is 10.5 Å². The van der Waals surface area contributed by atoms with Crippen LogP contribution >= 0.6 is 0 Å². The molecule has 2 N–H and O–H groups in total. The van der Waals surface area contributed by atoms with Crippen LogP contribution in [0.1, 0.15) is 26.3 Å². The highest BCUT2D eigenvalue weighted by Crippen LogP contribution is 2.21. The van der Waals surface area contributed by atoms with Gasteiger partial charge < -0.3 is 15.2 Å². The summed E-state index contributed by atoms with van der Waals surface area (Å²) in [4.78, 5) is 22.9. The van der Waals surface area contributed by atoms with Gasteiger partial charge in [0.1, 0.15) is 17.9 Å². The first-order chi connectivity index (χ1) is 11.0. The van der Waals surface area contributed by atoms with Gasteiger partial charge in [0.25, 0.3) is 0 Å². The van der Waals surface area contributed by atoms with Gasteiger partial charge in [0.05, 0.1) is 0 Å². The molecule has 0 aromatic heterocycles. The Kier molecular flexibility index (Phi) is 5.24. The maximum Gasteiger partial charge on any atom is 0.387 e. The lowest BCUT2D eigenvalue weighted by Gasteiger charge is -2.10. The standard InChI is InChI=1S/C16H13F2NO4/c17-16(18)23-13-4-2-1-3-12(13)15(21)22-9-10-5-7-11(8-6-10)14(19)20/h1-8,16H,9H2,(H2,19,20). The number of alkyl halides is 2. The van der Waals surface area contributed by atoms with Gasteiger partial charge in [0, 0.05) is 5.56 Å². The molecule has 5 nitrogen and oxygen atoms in total. The summed E-state index contributed by atoms with van der Waals surface area (Å²) >= 11 is 0. The first-order valence-corrected chi connectivity index (χ1v) is 6.57. The van der Waals surface area contributed by atoms with Crippen molar-refractivity contribution in [1.29, 1.82) is 0 Å². The molecule has 1 amide bonds. The van der Waals surface area contributed by atoms with E-state index in [1.54, 1.807) is 12.1 Å². The van der Waals surface area contributed by atoms with E-state index in [-0.39, 0.29) is 17.9 Å². The molecule has 0 aliphatic carbocycles. The topological polar surface area (TPSA) is 78.6 Å². The summed E-state index contributed by atoms with van der Waals surface area (Å²) in [5, 5.41) is 0. The Morgan fingerprint density at radius 2 is 1.70 bits per heavy atom. The van der Waals surface area contributed by atoms with Crippen LogP contribution in [-0.4, -0.2) is 18.5 Å². The van der Waals surface area contributed by atoms with E-state index < -0.39 is 18.5 Å². The van der Waals surface area contributed by atoms with Gasteiger partial charge in [-0.25, -0.2) is 4.79 Å². The summed E-state index contributed by atoms with van der Waals surface area (Å²) in [5.41, 5.74) is 5.97. The zero-order chi connectivity index (χ0) is 16.8. The highest BCUT2D eigenvalue weighted by Gasteiger charge is 2.16. The maximum atomic E-state index is 12.3. The summed E-state index contributed by atoms with van der Waals surface area (Å²) in [7, 11) is 0. The Bertz CT molecular complexity index is 701. The third kappa shape index (κ3) is 4.50. The minimum Gasteiger partial charge on any atom is -0.457 e. The van der Waals surface area contributed by atoms with Crippen LogP contribution in [0.25, 0.3) is 0 Å². The molecule has 0 saturated carbocycles. The SMILES string of the molecule is NC(=O)c1ccc(COC(=O)c2ccccc2OC(F)F)cc1. The minimum atomic E-state index is -3.04. The number of benzene rings is 2. The number of amides is 1. The first kappa shape index (κ1) is 16.4. The molecule has 0 atom stereocenters. The molecular formula is C16H13F2NO4. The zero-order valence-corrected chi connectivity index (χ0v) is 11.9. The fourth-order valence-electron chi connectivity index (χ4n) is 1.83. The van der Waals surface area contributed by atoms with Crippen LogP contribution < -0.4 is 10.5 Å². The summed E-state index contributed by atoms with van der Waals surface area (Å²) in [6.07, 6.45) is 0. The molecule has 0 bridgehead atoms. The van der Waals surface area contributed by atoms with E-state index in [9.17, 15) is 18.4 Å². The van der Waals surface area contributed by atoms with Crippen LogP contribution in [0.15, 0.2) is 48.5 Å². The number of hydrogen-bond donors (Lipinski definition) is 1. The number of para-hydroxylation sites is 1. The molecule has 2 aromatic carbocycles. The highest BCUT2D eigenvalue weighted by molar-refractivity contribution is 5.93. The van der Waals surface area contributed by atoms with Crippen molar-refractivity contribution >= 4 is 11.9 Å². The van der Waals surface area contributed by atoms with Crippen LogP contribution in [0, 0.1) is 0 Å². The molecule has 0 spiro atoms. The number of rotatable bonds is 6. The first-order valence-electron chi connectivity index (χ1n) is 6.57. The third-order valence-electron chi connectivity index (χ3n) is 2.93. The smallest absolute Gasteiger partial charge is 0.387 e. The van der Waals surface area contributed by atoms with E-state index in [2.05, 4.69) is 4.74 Å². The molecule has 0 aliphatic rings. The highest BCUT2D eigenvalue weighted by atomic mass is 19.3. The number of hydrogen-bond acceptors (Lipinski definition) is 4. The summed E-state index contributed by atoms with van der Waals surface area (Å²) in [6.45, 7) is -3.12. The number of ether oxygens (including phenoxy) is 2. The van der Waals surface area contributed by atoms with Crippen LogP contribution in [-0.2, 0) is 11.3 Å². The lowest BCUT2D eigenvalue weighted by atomic mass is 10.1. The third-order valence-corrected chi connectivity index (χ3v) is 2.93. The quantitative estimate of drug-likeness (QED) is 0.830. The van der Waals surface area contributed by atoms with E-state index >= 15 is 0 Å². The van der Waals surface area contributed by atoms with Gasteiger partial charge in [0.15, 0.2) is 0 Å². The van der Waals surface area contributed by atoms with Crippen molar-refractivity contribution in [2.24, 2.45) is 5.73 Å². The lowest BCUT2D eigenvalue weighted by molar-refractivity contribution is -0.0505. The molecule has 7 heteroatoms. The Hall–Kier alpha value is -2.96. The molecule has 2 aromatic rings. The van der Waals surface area contributed by atoms with Crippen LogP contribution in [0.5, 0.6) is 5.75 Å². The van der Waals surface area contributed by atoms with Gasteiger partial charge in [0.2, 0.25) is 5.91 Å². The monoisotopic (exact) mass is 321 g/mol. The molecule has 120 valence electrons. The second kappa shape index (κ2) is 7.35. The average molecular weight is 321 g/mol. The molecule has 2 rings (SSSR count). The predicted octanol–water partition coefficient (Wildman–Crippen LogP) is 2.74. The van der Waals surface area contributed by atoms with Gasteiger partial charge in [-0.05, 0) is 29.8 Å². The van der Waals surface area contributed by atoms with E-state index in [0.717, 1.165) is 0 Å². The molecule has 0 fully saturated rings. The fraction of sp³-hybridized carbons (Fsp3) is 0.125. The molecule has 23 heavy (non-hydrogen) atoms. The normalized spacial score (nSPS) is 10.4. The van der Waals surface area contributed by atoms with Crippen molar-refractivity contribution in [1.82, 2.24) is 0 Å². The lowest BCUT2D eigenvalue weighted by Crippen LogP contribution is -2.11. The Labute approximate surface area is 130 Å². The van der Waals surface area contributed by atoms with Crippen molar-refractivity contribution < 1.29 is 27.8 Å². The molecule has 0 radical (unpaired) electrons. The maximum absolute atomic E-state index is 12.3. The molecule has 0 saturated heterocycles. The Morgan fingerprint density at radius 3 is 2.30 bits per heavy atom. The van der Waals surface area contributed by atoms with Crippen LogP contribution in [0.3, 0.4) is 0 Å². The molecular weight excluding hydrogens is 308 g/mol. The number of esters is 1. The van der Waals surface area contributed by atoms with Crippen LogP contribution in [0.2, 0.25) is 0 Å². The van der Waals surface area contributed by atoms with E-state index in [1.807, 2.05) is 0 Å². The molecule has 0 aliphatic heterocycles. The average Bonchev–Trinajstić information content (AvgIpc) is 2.53. The zero-order valence-electron chi connectivity index (χ0n) is 11.9. The minimum absolute atomic E-state index is 0.0825. The van der Waals surface area contributed by atoms with Crippen molar-refractivity contribution in [2.45, 2.75) is 13.2 Å². The van der Waals surface area contributed by atoms with Gasteiger partial charge in [-0.15, -0.1) is 0 Å². The number of nitrogens with two attached hydrogens (primary N) is 1. The van der Waals surface area contributed by atoms with Gasteiger partial charge in [-0.1, -0.05) is 24.3 Å². The molecule has 0 unspecified atom stereocenters. The van der Waals surface area contributed by atoms with Crippen molar-refractivity contribution in [3.8, 4) is 5.75 Å². The predicted molar refractivity (Wildman–Crippen MR) is 77.2 cm³/mol. The largest absolute Gasteiger partial charge is 0.457 e. The van der Waals surface area contributed by atoms with Gasteiger partial charge in [-0.3, -0.25) is 4.79 Å². The van der Waals surface area contributed by atoms with Crippen molar-refractivity contribution in [3.05, 3.63) is 65.2 Å². The Morgan fingerprint density at radius 1 is 1.04 bits per heavy atom. The van der Waals surface area contributed by atoms with Crippen LogP contribution in [0.4, 0.5) is 8.78 Å². The van der Waals surface area contributed by atoms with E-state index in [0.29, 0.717) is 11.1 Å². The second-order valence-corrected chi connectivity index (χ2v) is 4.51.